The van der Waals surface area contributed by atoms with Gasteiger partial charge < -0.3 is 14.8 Å². The lowest BCUT2D eigenvalue weighted by Crippen LogP contribution is -2.65. The number of carbonyl (C=O) groups excluding carboxylic acids is 3. The Balaban J connectivity index is 1.50. The van der Waals surface area contributed by atoms with Gasteiger partial charge in [-0.1, -0.05) is 53.2 Å². The molecule has 0 spiro atoms. The molecule has 40 heavy (non-hydrogen) atoms. The number of ether oxygens (including phenoxy) is 1. The van der Waals surface area contributed by atoms with E-state index >= 15 is 0 Å². The first-order chi connectivity index (χ1) is 18.9. The number of carbonyl (C=O) groups is 3. The summed E-state index contributed by atoms with van der Waals surface area (Å²) in [6, 6.07) is 14.6. The molecular weight excluding hydrogens is 536 g/mol. The van der Waals surface area contributed by atoms with Crippen LogP contribution in [0.5, 0.6) is 0 Å². The number of hydrogen-bond donors (Lipinski definition) is 2. The molecule has 12 heteroatoms. The molecule has 0 aliphatic carbocycles. The Bertz CT molecular complexity index is 1510. The number of hydrogen-bond acceptors (Lipinski definition) is 8. The molecule has 0 saturated carbocycles. The summed E-state index contributed by atoms with van der Waals surface area (Å²) < 4.78 is 6.99. The van der Waals surface area contributed by atoms with Gasteiger partial charge in [0.15, 0.2) is 0 Å². The predicted molar refractivity (Wildman–Crippen MR) is 149 cm³/mol. The van der Waals surface area contributed by atoms with E-state index in [1.54, 1.807) is 76.2 Å². The summed E-state index contributed by atoms with van der Waals surface area (Å²) in [7, 11) is 3.33. The van der Waals surface area contributed by atoms with Crippen molar-refractivity contribution in [2.75, 3.05) is 14.1 Å². The minimum absolute atomic E-state index is 0.187. The van der Waals surface area contributed by atoms with Crippen molar-refractivity contribution >= 4 is 46.2 Å². The molecule has 2 saturated heterocycles. The maximum atomic E-state index is 13.9. The first-order valence-corrected chi connectivity index (χ1v) is 13.2. The molecule has 3 heterocycles. The van der Waals surface area contributed by atoms with Crippen LogP contribution in [0.25, 0.3) is 10.9 Å². The standard InChI is InChI=1S/C28H31ClN6O5/c1-28(2,3)40-27(38)35-17(14-18-19(29)12-9-13-20(18)35)15-34-25(36)22-24(33(5)26(34)37)30-23(32(22)4)21(31-39)16-10-7-6-8-11-16/h6-14,22-24,30,39H,15H2,1-5H3. The fraction of sp³-hybridized carbons (Fsp3) is 0.357. The molecule has 2 N–H and O–H groups in total. The van der Waals surface area contributed by atoms with Gasteiger partial charge in [0.05, 0.1) is 17.8 Å². The number of urea groups is 1. The van der Waals surface area contributed by atoms with Gasteiger partial charge in [0.1, 0.15) is 29.7 Å². The Morgan fingerprint density at radius 1 is 1.10 bits per heavy atom. The summed E-state index contributed by atoms with van der Waals surface area (Å²) in [6.45, 7) is 5.09. The van der Waals surface area contributed by atoms with Crippen LogP contribution in [0.2, 0.25) is 5.02 Å². The Kier molecular flexibility index (Phi) is 7.07. The quantitative estimate of drug-likeness (QED) is 0.279. The highest BCUT2D eigenvalue weighted by Gasteiger charge is 2.54. The van der Waals surface area contributed by atoms with E-state index in [1.807, 2.05) is 18.2 Å². The molecule has 2 aromatic carbocycles. The van der Waals surface area contributed by atoms with E-state index in [-0.39, 0.29) is 6.54 Å². The predicted octanol–water partition coefficient (Wildman–Crippen LogP) is 3.91. The van der Waals surface area contributed by atoms with Gasteiger partial charge in [0.2, 0.25) is 0 Å². The molecule has 3 amide bonds. The van der Waals surface area contributed by atoms with Crippen LogP contribution in [0.3, 0.4) is 0 Å². The van der Waals surface area contributed by atoms with Crippen LogP contribution >= 0.6 is 11.6 Å². The van der Waals surface area contributed by atoms with Crippen molar-refractivity contribution in [1.29, 1.82) is 0 Å². The van der Waals surface area contributed by atoms with Crippen molar-refractivity contribution in [1.82, 2.24) is 24.6 Å². The van der Waals surface area contributed by atoms with Crippen molar-refractivity contribution in [3.8, 4) is 0 Å². The van der Waals surface area contributed by atoms with Crippen molar-refractivity contribution in [2.24, 2.45) is 5.16 Å². The largest absolute Gasteiger partial charge is 0.443 e. The van der Waals surface area contributed by atoms with Crippen molar-refractivity contribution in [2.45, 2.75) is 51.3 Å². The maximum Gasteiger partial charge on any atom is 0.419 e. The van der Waals surface area contributed by atoms with Gasteiger partial charge in [-0.05, 0) is 46.0 Å². The number of likely N-dealkylation sites (N-methyl/N-ethyl adjacent to an activating group) is 2. The molecule has 3 aromatic rings. The van der Waals surface area contributed by atoms with Gasteiger partial charge in [-0.25, -0.2) is 14.2 Å². The summed E-state index contributed by atoms with van der Waals surface area (Å²) in [5, 5.41) is 17.7. The zero-order valence-corrected chi connectivity index (χ0v) is 23.6. The first kappa shape index (κ1) is 27.6. The number of benzene rings is 2. The number of halogens is 1. The molecule has 210 valence electrons. The van der Waals surface area contributed by atoms with Gasteiger partial charge in [-0.3, -0.25) is 19.9 Å². The SMILES string of the molecule is CN1C(=O)N(Cc2cc3c(Cl)cccc3n2C(=O)OC(C)(C)C)C(=O)C2C1NC(C(=NO)c1ccccc1)N2C. The van der Waals surface area contributed by atoms with Gasteiger partial charge in [-0.2, -0.15) is 0 Å². The van der Waals surface area contributed by atoms with E-state index in [9.17, 15) is 19.6 Å². The second-order valence-corrected chi connectivity index (χ2v) is 11.3. The van der Waals surface area contributed by atoms with Gasteiger partial charge in [0, 0.05) is 23.0 Å². The lowest BCUT2D eigenvalue weighted by Gasteiger charge is -2.40. The second-order valence-electron chi connectivity index (χ2n) is 10.9. The summed E-state index contributed by atoms with van der Waals surface area (Å²) in [6.07, 6.45) is -1.96. The number of nitrogens with one attached hydrogen (secondary N) is 1. The topological polar surface area (TPSA) is 120 Å². The van der Waals surface area contributed by atoms with Crippen LogP contribution in [0.15, 0.2) is 59.8 Å². The molecule has 0 radical (unpaired) electrons. The third-order valence-electron chi connectivity index (χ3n) is 7.14. The summed E-state index contributed by atoms with van der Waals surface area (Å²) >= 11 is 6.44. The normalized spacial score (nSPS) is 22.2. The van der Waals surface area contributed by atoms with E-state index in [0.717, 1.165) is 4.90 Å². The van der Waals surface area contributed by atoms with Crippen molar-refractivity contribution in [3.63, 3.8) is 0 Å². The average Bonchev–Trinajstić information content (AvgIpc) is 3.44. The zero-order chi connectivity index (χ0) is 28.9. The number of oxime groups is 1. The smallest absolute Gasteiger partial charge is 0.419 e. The van der Waals surface area contributed by atoms with Crippen LogP contribution in [-0.4, -0.2) is 86.3 Å². The number of fused-ring (bicyclic) bond motifs is 2. The number of aromatic nitrogens is 1. The first-order valence-electron chi connectivity index (χ1n) is 12.8. The number of nitrogens with zero attached hydrogens (tertiary/aromatic N) is 5. The fourth-order valence-electron chi connectivity index (χ4n) is 5.30. The Labute approximate surface area is 236 Å². The Morgan fingerprint density at radius 3 is 2.45 bits per heavy atom. The van der Waals surface area contributed by atoms with Crippen LogP contribution in [-0.2, 0) is 16.1 Å². The highest BCUT2D eigenvalue weighted by atomic mass is 35.5. The Hall–Kier alpha value is -3.93. The molecule has 3 unspecified atom stereocenters. The van der Waals surface area contributed by atoms with Crippen LogP contribution < -0.4 is 5.32 Å². The molecule has 2 fully saturated rings. The highest BCUT2D eigenvalue weighted by Crippen LogP contribution is 2.32. The second kappa shape index (κ2) is 10.2. The molecule has 1 aromatic heterocycles. The van der Waals surface area contributed by atoms with E-state index in [1.165, 1.54) is 9.47 Å². The molecular formula is C28H31ClN6O5. The lowest BCUT2D eigenvalue weighted by atomic mass is 10.1. The highest BCUT2D eigenvalue weighted by molar-refractivity contribution is 6.35. The van der Waals surface area contributed by atoms with Crippen LogP contribution in [0, 0.1) is 0 Å². The summed E-state index contributed by atoms with van der Waals surface area (Å²) in [4.78, 5) is 45.0. The summed E-state index contributed by atoms with van der Waals surface area (Å²) in [5.74, 6) is -0.456. The van der Waals surface area contributed by atoms with E-state index < -0.39 is 42.0 Å². The van der Waals surface area contributed by atoms with Gasteiger partial charge >= 0.3 is 12.1 Å². The minimum Gasteiger partial charge on any atom is -0.443 e. The number of rotatable bonds is 4. The van der Waals surface area contributed by atoms with E-state index in [2.05, 4.69) is 10.5 Å². The lowest BCUT2D eigenvalue weighted by molar-refractivity contribution is -0.138. The Morgan fingerprint density at radius 2 is 1.80 bits per heavy atom. The zero-order valence-electron chi connectivity index (χ0n) is 22.8. The van der Waals surface area contributed by atoms with Crippen LogP contribution in [0.4, 0.5) is 9.59 Å². The van der Waals surface area contributed by atoms with E-state index in [0.29, 0.717) is 32.9 Å². The third kappa shape index (κ3) is 4.70. The molecule has 2 aliphatic rings. The number of amides is 3. The fourth-order valence-corrected chi connectivity index (χ4v) is 5.52. The molecule has 2 aliphatic heterocycles. The average molecular weight is 567 g/mol. The number of imide groups is 1. The molecule has 3 atom stereocenters. The van der Waals surface area contributed by atoms with Crippen molar-refractivity contribution < 1.29 is 24.3 Å². The van der Waals surface area contributed by atoms with Gasteiger partial charge in [-0.15, -0.1) is 0 Å². The molecule has 0 bridgehead atoms. The molecule has 5 rings (SSSR count). The van der Waals surface area contributed by atoms with Gasteiger partial charge in [0.25, 0.3) is 5.91 Å². The van der Waals surface area contributed by atoms with E-state index in [4.69, 9.17) is 16.3 Å². The van der Waals surface area contributed by atoms with Crippen molar-refractivity contribution in [3.05, 3.63) is 70.9 Å². The minimum atomic E-state index is -0.781. The summed E-state index contributed by atoms with van der Waals surface area (Å²) in [5.41, 5.74) is 1.10. The maximum absolute atomic E-state index is 13.9. The third-order valence-corrected chi connectivity index (χ3v) is 7.47. The van der Waals surface area contributed by atoms with Crippen LogP contribution in [0.1, 0.15) is 32.0 Å². The monoisotopic (exact) mass is 566 g/mol. The molecule has 11 nitrogen and oxygen atoms in total.